The summed E-state index contributed by atoms with van der Waals surface area (Å²) in [5.74, 6) is 3.42. The fraction of sp³-hybridized carbons (Fsp3) is 0.591. The Bertz CT molecular complexity index is 851. The largest absolute Gasteiger partial charge is 0.411 e. The van der Waals surface area contributed by atoms with Crippen LogP contribution in [0.3, 0.4) is 0 Å². The molecule has 1 aromatic heterocycles. The topological polar surface area (TPSA) is 68.0 Å². The van der Waals surface area contributed by atoms with Crippen LogP contribution >= 0.6 is 11.8 Å². The van der Waals surface area contributed by atoms with Crippen LogP contribution in [0.5, 0.6) is 0 Å². The van der Waals surface area contributed by atoms with Gasteiger partial charge in [-0.15, -0.1) is 10.2 Å². The van der Waals surface area contributed by atoms with E-state index in [9.17, 15) is 4.79 Å². The van der Waals surface area contributed by atoms with E-state index in [2.05, 4.69) is 35.4 Å². The Hall–Kier alpha value is -1.82. The van der Waals surface area contributed by atoms with Gasteiger partial charge in [0.1, 0.15) is 0 Å². The Morgan fingerprint density at radius 1 is 1.07 bits per heavy atom. The second kappa shape index (κ2) is 6.90. The number of aryl methyl sites for hydroxylation is 2. The number of aromatic nitrogens is 2. The molecular formula is C22H27N3O2S. The fourth-order valence-electron chi connectivity index (χ4n) is 6.21. The normalized spacial score (nSPS) is 30.6. The molecule has 4 aliphatic carbocycles. The summed E-state index contributed by atoms with van der Waals surface area (Å²) in [6.45, 7) is 4.11. The third kappa shape index (κ3) is 3.59. The fourth-order valence-corrected chi connectivity index (χ4v) is 6.77. The average molecular weight is 398 g/mol. The van der Waals surface area contributed by atoms with E-state index in [1.54, 1.807) is 0 Å². The molecule has 4 fully saturated rings. The maximum absolute atomic E-state index is 12.6. The number of nitrogens with zero attached hydrogens (tertiary/aromatic N) is 2. The van der Waals surface area contributed by atoms with Crippen LogP contribution < -0.4 is 5.32 Å². The Morgan fingerprint density at radius 3 is 2.29 bits per heavy atom. The zero-order valence-corrected chi connectivity index (χ0v) is 17.3. The van der Waals surface area contributed by atoms with Crippen molar-refractivity contribution in [3.63, 3.8) is 0 Å². The highest BCUT2D eigenvalue weighted by molar-refractivity contribution is 7.99. The van der Waals surface area contributed by atoms with Gasteiger partial charge in [0.25, 0.3) is 5.22 Å². The van der Waals surface area contributed by atoms with Gasteiger partial charge in [-0.1, -0.05) is 29.0 Å². The van der Waals surface area contributed by atoms with Crippen molar-refractivity contribution in [2.75, 3.05) is 5.75 Å². The second-order valence-corrected chi connectivity index (χ2v) is 10.2. The first-order valence-electron chi connectivity index (χ1n) is 10.3. The number of hydrogen-bond acceptors (Lipinski definition) is 5. The lowest BCUT2D eigenvalue weighted by Crippen LogP contribution is -2.60. The SMILES string of the molecule is Cc1cc(C)cc(-c2nnc(SCC(=O)NC34CC5CC(CC(C5)C3)C4)o2)c1. The summed E-state index contributed by atoms with van der Waals surface area (Å²) in [5.41, 5.74) is 3.32. The zero-order valence-electron chi connectivity index (χ0n) is 16.5. The van der Waals surface area contributed by atoms with Gasteiger partial charge in [0.2, 0.25) is 11.8 Å². The van der Waals surface area contributed by atoms with Gasteiger partial charge < -0.3 is 9.73 Å². The molecule has 1 N–H and O–H groups in total. The van der Waals surface area contributed by atoms with Gasteiger partial charge in [-0.05, 0) is 82.3 Å². The Balaban J connectivity index is 1.20. The van der Waals surface area contributed by atoms with Crippen LogP contribution in [0.1, 0.15) is 49.7 Å². The van der Waals surface area contributed by atoms with Crippen molar-refractivity contribution in [3.8, 4) is 11.5 Å². The monoisotopic (exact) mass is 397 g/mol. The summed E-state index contributed by atoms with van der Waals surface area (Å²) >= 11 is 1.33. The highest BCUT2D eigenvalue weighted by Crippen LogP contribution is 2.55. The molecule has 1 heterocycles. The Morgan fingerprint density at radius 2 is 1.68 bits per heavy atom. The van der Waals surface area contributed by atoms with Crippen LogP contribution in [-0.2, 0) is 4.79 Å². The van der Waals surface area contributed by atoms with Crippen molar-refractivity contribution in [2.24, 2.45) is 17.8 Å². The lowest BCUT2D eigenvalue weighted by atomic mass is 9.53. The van der Waals surface area contributed by atoms with Crippen molar-refractivity contribution < 1.29 is 9.21 Å². The molecule has 6 heteroatoms. The van der Waals surface area contributed by atoms with Gasteiger partial charge in [0, 0.05) is 11.1 Å². The van der Waals surface area contributed by atoms with Gasteiger partial charge in [0.15, 0.2) is 0 Å². The van der Waals surface area contributed by atoms with E-state index >= 15 is 0 Å². The summed E-state index contributed by atoms with van der Waals surface area (Å²) < 4.78 is 5.78. The first kappa shape index (κ1) is 18.2. The molecule has 1 amide bonds. The molecule has 6 rings (SSSR count). The van der Waals surface area contributed by atoms with Crippen LogP contribution in [0.25, 0.3) is 11.5 Å². The molecule has 1 aromatic carbocycles. The summed E-state index contributed by atoms with van der Waals surface area (Å²) in [6.07, 6.45) is 7.67. The number of thioether (sulfide) groups is 1. The third-order valence-corrected chi connectivity index (χ3v) is 7.46. The van der Waals surface area contributed by atoms with Crippen LogP contribution in [0.15, 0.2) is 27.8 Å². The molecule has 5 nitrogen and oxygen atoms in total. The number of rotatable bonds is 5. The molecule has 0 saturated heterocycles. The molecule has 2 aromatic rings. The predicted molar refractivity (Wildman–Crippen MR) is 109 cm³/mol. The molecular weight excluding hydrogens is 370 g/mol. The zero-order chi connectivity index (χ0) is 19.3. The molecule has 0 aliphatic heterocycles. The third-order valence-electron chi connectivity index (χ3n) is 6.64. The Labute approximate surface area is 170 Å². The molecule has 28 heavy (non-hydrogen) atoms. The molecule has 4 saturated carbocycles. The van der Waals surface area contributed by atoms with Gasteiger partial charge in [0.05, 0.1) is 5.75 Å². The predicted octanol–water partition coefficient (Wildman–Crippen LogP) is 4.53. The highest BCUT2D eigenvalue weighted by Gasteiger charge is 2.51. The van der Waals surface area contributed by atoms with Crippen LogP contribution in [-0.4, -0.2) is 27.4 Å². The first-order chi connectivity index (χ1) is 13.5. The summed E-state index contributed by atoms with van der Waals surface area (Å²) in [7, 11) is 0. The van der Waals surface area contributed by atoms with Crippen LogP contribution in [0.4, 0.5) is 0 Å². The van der Waals surface area contributed by atoms with E-state index in [0.717, 1.165) is 34.4 Å². The quantitative estimate of drug-likeness (QED) is 0.751. The smallest absolute Gasteiger partial charge is 0.277 e. The van der Waals surface area contributed by atoms with Gasteiger partial charge in [-0.25, -0.2) is 0 Å². The van der Waals surface area contributed by atoms with Gasteiger partial charge in [-0.3, -0.25) is 4.79 Å². The number of nitrogens with one attached hydrogen (secondary N) is 1. The summed E-state index contributed by atoms with van der Waals surface area (Å²) in [6, 6.07) is 6.19. The van der Waals surface area contributed by atoms with Gasteiger partial charge >= 0.3 is 0 Å². The van der Waals surface area contributed by atoms with E-state index < -0.39 is 0 Å². The van der Waals surface area contributed by atoms with Crippen molar-refractivity contribution in [3.05, 3.63) is 29.3 Å². The van der Waals surface area contributed by atoms with Gasteiger partial charge in [-0.2, -0.15) is 0 Å². The summed E-state index contributed by atoms with van der Waals surface area (Å²) in [5, 5.41) is 12.1. The van der Waals surface area contributed by atoms with Crippen LogP contribution in [0, 0.1) is 31.6 Å². The van der Waals surface area contributed by atoms with Crippen molar-refractivity contribution in [2.45, 2.75) is 63.1 Å². The Kier molecular flexibility index (Phi) is 4.49. The molecule has 0 radical (unpaired) electrons. The van der Waals surface area contributed by atoms with E-state index in [-0.39, 0.29) is 11.4 Å². The van der Waals surface area contributed by atoms with E-state index in [4.69, 9.17) is 4.42 Å². The van der Waals surface area contributed by atoms with E-state index in [1.165, 1.54) is 50.3 Å². The first-order valence-corrected chi connectivity index (χ1v) is 11.3. The van der Waals surface area contributed by atoms with Crippen molar-refractivity contribution in [1.29, 1.82) is 0 Å². The second-order valence-electron chi connectivity index (χ2n) is 9.28. The van der Waals surface area contributed by atoms with Crippen molar-refractivity contribution in [1.82, 2.24) is 15.5 Å². The standard InChI is InChI=1S/C22H27N3O2S/c1-13-3-14(2)5-18(4-13)20-24-25-21(27-20)28-12-19(26)23-22-9-15-6-16(10-22)8-17(7-15)11-22/h3-5,15-17H,6-12H2,1-2H3,(H,23,26). The number of benzene rings is 1. The van der Waals surface area contributed by atoms with E-state index in [1.807, 2.05) is 12.1 Å². The summed E-state index contributed by atoms with van der Waals surface area (Å²) in [4.78, 5) is 12.6. The van der Waals surface area contributed by atoms with Crippen molar-refractivity contribution >= 4 is 17.7 Å². The molecule has 4 aliphatic rings. The minimum Gasteiger partial charge on any atom is -0.411 e. The maximum Gasteiger partial charge on any atom is 0.277 e. The molecule has 0 atom stereocenters. The number of carbonyl (C=O) groups is 1. The van der Waals surface area contributed by atoms with E-state index in [0.29, 0.717) is 16.9 Å². The lowest BCUT2D eigenvalue weighted by Gasteiger charge is -2.56. The number of carbonyl (C=O) groups excluding carboxylic acids is 1. The lowest BCUT2D eigenvalue weighted by molar-refractivity contribution is -0.124. The highest BCUT2D eigenvalue weighted by atomic mass is 32.2. The van der Waals surface area contributed by atoms with Crippen LogP contribution in [0.2, 0.25) is 0 Å². The average Bonchev–Trinajstić information content (AvgIpc) is 3.06. The molecule has 0 spiro atoms. The number of amides is 1. The minimum absolute atomic E-state index is 0.0610. The maximum atomic E-state index is 12.6. The minimum atomic E-state index is 0.0610. The molecule has 148 valence electrons. The molecule has 0 unspecified atom stereocenters. The molecule has 4 bridgehead atoms. The number of hydrogen-bond donors (Lipinski definition) is 1.